The second-order valence-electron chi connectivity index (χ2n) is 4.61. The van der Waals surface area contributed by atoms with Gasteiger partial charge in [-0.1, -0.05) is 24.3 Å². The Kier molecular flexibility index (Phi) is 2.88. The molecule has 2 atom stereocenters. The number of benzene rings is 1. The van der Waals surface area contributed by atoms with Gasteiger partial charge in [-0.2, -0.15) is 0 Å². The van der Waals surface area contributed by atoms with Crippen LogP contribution in [0.1, 0.15) is 24.0 Å². The van der Waals surface area contributed by atoms with Crippen LogP contribution in [0.3, 0.4) is 0 Å². The van der Waals surface area contributed by atoms with E-state index in [-0.39, 0.29) is 5.60 Å². The molecule has 1 aliphatic heterocycles. The van der Waals surface area contributed by atoms with Crippen molar-refractivity contribution in [1.82, 2.24) is 5.09 Å². The van der Waals surface area contributed by atoms with Crippen LogP contribution in [0.25, 0.3) is 0 Å². The summed E-state index contributed by atoms with van der Waals surface area (Å²) < 4.78 is 11.5. The molecule has 3 nitrogen and oxygen atoms in total. The highest BCUT2D eigenvalue weighted by Gasteiger charge is 2.47. The molecule has 0 radical (unpaired) electrons. The van der Waals surface area contributed by atoms with Gasteiger partial charge in [0.15, 0.2) is 0 Å². The second kappa shape index (κ2) is 4.15. The van der Waals surface area contributed by atoms with E-state index in [9.17, 15) is 0 Å². The molecule has 0 bridgehead atoms. The normalized spacial score (nSPS) is 36.1. The van der Waals surface area contributed by atoms with Gasteiger partial charge >= 0.3 is 0 Å². The molecule has 1 fully saturated rings. The molecule has 0 aromatic heterocycles. The minimum Gasteiger partial charge on any atom is -0.321 e. The van der Waals surface area contributed by atoms with Crippen LogP contribution < -0.4 is 5.09 Å². The molecule has 1 aromatic rings. The third kappa shape index (κ3) is 1.88. The topological polar surface area (TPSA) is 30.5 Å². The summed E-state index contributed by atoms with van der Waals surface area (Å²) >= 11 is 5.41. The first kappa shape index (κ1) is 11.8. The van der Waals surface area contributed by atoms with Crippen LogP contribution >= 0.6 is 6.64 Å². The van der Waals surface area contributed by atoms with E-state index in [4.69, 9.17) is 20.9 Å². The van der Waals surface area contributed by atoms with Crippen molar-refractivity contribution >= 4 is 18.4 Å². The lowest BCUT2D eigenvalue weighted by atomic mass is 9.79. The van der Waals surface area contributed by atoms with Gasteiger partial charge in [-0.05, 0) is 42.2 Å². The van der Waals surface area contributed by atoms with Gasteiger partial charge in [0.2, 0.25) is 0 Å². The molecule has 1 N–H and O–H groups in total. The fraction of sp³-hybridized carbons (Fsp3) is 0.500. The fourth-order valence-corrected chi connectivity index (χ4v) is 4.83. The zero-order valence-corrected chi connectivity index (χ0v) is 11.5. The predicted molar refractivity (Wildman–Crippen MR) is 71.4 cm³/mol. The average molecular weight is 269 g/mol. The first-order valence-corrected chi connectivity index (χ1v) is 8.51. The number of hydrogen-bond donors (Lipinski definition) is 1. The Bertz CT molecular complexity index is 493. The highest BCUT2D eigenvalue weighted by molar-refractivity contribution is 8.09. The first-order valence-electron chi connectivity index (χ1n) is 5.88. The van der Waals surface area contributed by atoms with Gasteiger partial charge in [0, 0.05) is 13.7 Å². The van der Waals surface area contributed by atoms with Gasteiger partial charge in [0.25, 0.3) is 6.64 Å². The summed E-state index contributed by atoms with van der Waals surface area (Å²) in [7, 11) is 1.63. The van der Waals surface area contributed by atoms with Crippen molar-refractivity contribution in [3.05, 3.63) is 35.4 Å². The average Bonchev–Trinajstić information content (AvgIpc) is 2.70. The third-order valence-electron chi connectivity index (χ3n) is 3.63. The summed E-state index contributed by atoms with van der Waals surface area (Å²) in [6, 6.07) is 8.52. The van der Waals surface area contributed by atoms with Crippen molar-refractivity contribution in [1.29, 1.82) is 0 Å². The summed E-state index contributed by atoms with van der Waals surface area (Å²) in [5, 5.41) is 3.27. The Morgan fingerprint density at radius 1 is 1.47 bits per heavy atom. The highest BCUT2D eigenvalue weighted by Crippen LogP contribution is 2.58. The molecular weight excluding hydrogens is 253 g/mol. The van der Waals surface area contributed by atoms with Gasteiger partial charge in [0.05, 0.1) is 0 Å². The Morgan fingerprint density at radius 2 is 2.29 bits per heavy atom. The summed E-state index contributed by atoms with van der Waals surface area (Å²) in [5.74, 6) is 0. The summed E-state index contributed by atoms with van der Waals surface area (Å²) in [4.78, 5) is 0. The van der Waals surface area contributed by atoms with E-state index >= 15 is 0 Å². The van der Waals surface area contributed by atoms with Crippen LogP contribution in [-0.2, 0) is 32.9 Å². The number of nitrogens with one attached hydrogen (secondary N) is 1. The summed E-state index contributed by atoms with van der Waals surface area (Å²) in [6.07, 6.45) is 3.31. The molecule has 3 rings (SSSR count). The maximum Gasteiger partial charge on any atom is 0.261 e. The molecule has 17 heavy (non-hydrogen) atoms. The largest absolute Gasteiger partial charge is 0.321 e. The molecule has 1 heterocycles. The Labute approximate surface area is 107 Å². The van der Waals surface area contributed by atoms with Crippen molar-refractivity contribution in [3.8, 4) is 0 Å². The molecule has 2 unspecified atom stereocenters. The van der Waals surface area contributed by atoms with Crippen LogP contribution in [0, 0.1) is 0 Å². The second-order valence-corrected chi connectivity index (χ2v) is 7.91. The molecular formula is C12H16NO2PS. The predicted octanol–water partition coefficient (Wildman–Crippen LogP) is 2.71. The summed E-state index contributed by atoms with van der Waals surface area (Å²) in [5.41, 5.74) is 2.43. The van der Waals surface area contributed by atoms with E-state index in [0.717, 1.165) is 25.8 Å². The van der Waals surface area contributed by atoms with Crippen LogP contribution in [0.15, 0.2) is 24.3 Å². The van der Waals surface area contributed by atoms with E-state index in [1.807, 2.05) is 0 Å². The number of rotatable bonds is 1. The van der Waals surface area contributed by atoms with Crippen molar-refractivity contribution in [2.75, 3.05) is 13.7 Å². The van der Waals surface area contributed by atoms with E-state index in [1.165, 1.54) is 11.1 Å². The number of aryl methyl sites for hydroxylation is 1. The standard InChI is InChI=1S/C12H16NO2PS/c1-14-16(17)13-9-12(15-16)8-4-6-10-5-2-3-7-11(10)12/h2-3,5,7H,4,6,8-9H2,1H3,(H,13,17). The Hall–Kier alpha value is -0.250. The maximum absolute atomic E-state index is 6.15. The van der Waals surface area contributed by atoms with Crippen molar-refractivity contribution in [2.45, 2.75) is 24.9 Å². The molecule has 92 valence electrons. The van der Waals surface area contributed by atoms with Gasteiger partial charge in [0.1, 0.15) is 5.60 Å². The lowest BCUT2D eigenvalue weighted by Gasteiger charge is -2.34. The minimum absolute atomic E-state index is 0.250. The number of hydrogen-bond acceptors (Lipinski definition) is 3. The van der Waals surface area contributed by atoms with E-state index < -0.39 is 6.64 Å². The third-order valence-corrected chi connectivity index (χ3v) is 6.30. The van der Waals surface area contributed by atoms with Crippen molar-refractivity contribution < 1.29 is 9.05 Å². The van der Waals surface area contributed by atoms with E-state index in [0.29, 0.717) is 0 Å². The quantitative estimate of drug-likeness (QED) is 0.794. The highest BCUT2D eigenvalue weighted by atomic mass is 32.5. The Balaban J connectivity index is 2.04. The lowest BCUT2D eigenvalue weighted by Crippen LogP contribution is -2.34. The first-order chi connectivity index (χ1) is 8.18. The van der Waals surface area contributed by atoms with Gasteiger partial charge in [-0.15, -0.1) is 0 Å². The molecule has 1 aliphatic carbocycles. The molecule has 2 aliphatic rings. The zero-order valence-electron chi connectivity index (χ0n) is 9.81. The minimum atomic E-state index is -2.26. The molecule has 0 amide bonds. The molecule has 0 saturated carbocycles. The smallest absolute Gasteiger partial charge is 0.261 e. The summed E-state index contributed by atoms with van der Waals surface area (Å²) in [6.45, 7) is -1.48. The molecule has 5 heteroatoms. The van der Waals surface area contributed by atoms with E-state index in [2.05, 4.69) is 29.4 Å². The van der Waals surface area contributed by atoms with Crippen LogP contribution in [0.4, 0.5) is 0 Å². The Morgan fingerprint density at radius 3 is 3.06 bits per heavy atom. The van der Waals surface area contributed by atoms with E-state index in [1.54, 1.807) is 7.11 Å². The fourth-order valence-electron chi connectivity index (χ4n) is 2.78. The van der Waals surface area contributed by atoms with Crippen LogP contribution in [-0.4, -0.2) is 13.7 Å². The number of fused-ring (bicyclic) bond motifs is 2. The van der Waals surface area contributed by atoms with Gasteiger partial charge in [-0.25, -0.2) is 5.09 Å². The van der Waals surface area contributed by atoms with Gasteiger partial charge < -0.3 is 9.05 Å². The van der Waals surface area contributed by atoms with Crippen molar-refractivity contribution in [3.63, 3.8) is 0 Å². The maximum atomic E-state index is 6.15. The monoisotopic (exact) mass is 269 g/mol. The van der Waals surface area contributed by atoms with Crippen LogP contribution in [0.2, 0.25) is 0 Å². The van der Waals surface area contributed by atoms with Gasteiger partial charge in [-0.3, -0.25) is 0 Å². The lowest BCUT2D eigenvalue weighted by molar-refractivity contribution is 0.0795. The molecule has 1 aromatic carbocycles. The van der Waals surface area contributed by atoms with Crippen molar-refractivity contribution in [2.24, 2.45) is 0 Å². The SMILES string of the molecule is COP1(=S)NCC2(CCCc3ccccc32)O1. The zero-order chi connectivity index (χ0) is 11.9. The molecule has 1 saturated heterocycles. The van der Waals surface area contributed by atoms with Crippen LogP contribution in [0.5, 0.6) is 0 Å². The molecule has 1 spiro atoms.